The lowest BCUT2D eigenvalue weighted by molar-refractivity contribution is -0.113. The highest BCUT2D eigenvalue weighted by molar-refractivity contribution is 6.41. The molecular weight excluding hydrogens is 534 g/mol. The number of ether oxygens (including phenoxy) is 2. The van der Waals surface area contributed by atoms with Crippen molar-refractivity contribution in [2.24, 2.45) is 0 Å². The molecule has 0 radical (unpaired) electrons. The van der Waals surface area contributed by atoms with E-state index in [1.165, 1.54) is 17.7 Å². The summed E-state index contributed by atoms with van der Waals surface area (Å²) < 4.78 is 11.1. The fraction of sp³-hybridized carbons (Fsp3) is 0.393. The molecule has 0 bridgehead atoms. The van der Waals surface area contributed by atoms with Crippen molar-refractivity contribution in [1.82, 2.24) is 24.8 Å². The molecule has 1 amide bonds. The number of H-pyrrole nitrogens is 1. The van der Waals surface area contributed by atoms with Gasteiger partial charge in [-0.05, 0) is 51.9 Å². The molecule has 12 heteroatoms. The zero-order chi connectivity index (χ0) is 28.4. The Morgan fingerprint density at radius 2 is 2.02 bits per heavy atom. The van der Waals surface area contributed by atoms with Gasteiger partial charge in [0.15, 0.2) is 11.6 Å². The molecule has 1 saturated heterocycles. The van der Waals surface area contributed by atoms with Gasteiger partial charge in [-0.1, -0.05) is 11.6 Å². The number of halogens is 1. The number of fused-ring (bicyclic) bond motifs is 1. The van der Waals surface area contributed by atoms with E-state index in [0.29, 0.717) is 40.7 Å². The van der Waals surface area contributed by atoms with Crippen LogP contribution in [-0.2, 0) is 16.1 Å². The van der Waals surface area contributed by atoms with Gasteiger partial charge in [-0.2, -0.15) is 4.98 Å². The first-order chi connectivity index (χ1) is 19.3. The third-order valence-electron chi connectivity index (χ3n) is 7.23. The van der Waals surface area contributed by atoms with Crippen molar-refractivity contribution in [3.05, 3.63) is 57.3 Å². The largest absolute Gasteiger partial charge is 0.496 e. The van der Waals surface area contributed by atoms with Gasteiger partial charge in [-0.15, -0.1) is 0 Å². The van der Waals surface area contributed by atoms with Crippen LogP contribution in [0.4, 0.5) is 11.8 Å². The van der Waals surface area contributed by atoms with Crippen LogP contribution < -0.4 is 15.4 Å². The van der Waals surface area contributed by atoms with Crippen molar-refractivity contribution in [3.8, 4) is 5.75 Å². The minimum Gasteiger partial charge on any atom is -0.496 e. The number of rotatable bonds is 10. The molecule has 2 aliphatic rings. The molecule has 0 saturated carbocycles. The van der Waals surface area contributed by atoms with Crippen molar-refractivity contribution in [1.29, 1.82) is 0 Å². The minimum absolute atomic E-state index is 0.0114. The third kappa shape index (κ3) is 5.58. The van der Waals surface area contributed by atoms with Gasteiger partial charge in [0, 0.05) is 41.3 Å². The summed E-state index contributed by atoms with van der Waals surface area (Å²) in [5.74, 6) is 0.461. The van der Waals surface area contributed by atoms with Crippen LogP contribution in [0.25, 0.3) is 11.6 Å². The van der Waals surface area contributed by atoms with Crippen LogP contribution in [-0.4, -0.2) is 76.5 Å². The highest BCUT2D eigenvalue weighted by Crippen LogP contribution is 2.41. The number of Topliss-reactive ketones (excluding diaryl/α,β-unsaturated/α-hetero) is 1. The van der Waals surface area contributed by atoms with Crippen LogP contribution in [0.1, 0.15) is 51.3 Å². The van der Waals surface area contributed by atoms with Gasteiger partial charge >= 0.3 is 0 Å². The predicted octanol–water partition coefficient (Wildman–Crippen LogP) is 3.44. The molecule has 0 unspecified atom stereocenters. The Kier molecular flexibility index (Phi) is 8.15. The molecule has 40 heavy (non-hydrogen) atoms. The van der Waals surface area contributed by atoms with E-state index in [9.17, 15) is 9.59 Å². The zero-order valence-electron chi connectivity index (χ0n) is 22.8. The number of hydrogen-bond acceptors (Lipinski definition) is 9. The number of amides is 1. The Bertz CT molecular complexity index is 1480. The molecule has 0 atom stereocenters. The lowest BCUT2D eigenvalue weighted by Crippen LogP contribution is -2.27. The molecule has 210 valence electrons. The van der Waals surface area contributed by atoms with Crippen molar-refractivity contribution in [2.75, 3.05) is 50.6 Å². The van der Waals surface area contributed by atoms with Crippen molar-refractivity contribution in [2.45, 2.75) is 33.2 Å². The molecule has 0 aliphatic carbocycles. The number of ketones is 1. The standard InChI is InChI=1S/C28H32ClN7O4/c1-16-12-32-21(17(2)24(16)39-3)14-36-26-23(25(29)33-28(30)34-26)20(27(36)38)11-19-10-18(13-31-19)22(37)15-40-9-8-35-6-4-5-7-35/h10-13,31H,4-9,14-15H2,1-3H3,(H2,30,33,34). The molecule has 5 rings (SSSR count). The molecular formula is C28H32ClN7O4. The number of methoxy groups -OCH3 is 1. The number of carbonyl (C=O) groups excluding carboxylic acids is 2. The number of pyridine rings is 1. The maximum atomic E-state index is 13.7. The van der Waals surface area contributed by atoms with E-state index in [0.717, 1.165) is 30.8 Å². The molecule has 3 aromatic heterocycles. The summed E-state index contributed by atoms with van der Waals surface area (Å²) in [7, 11) is 1.60. The molecule has 11 nitrogen and oxygen atoms in total. The summed E-state index contributed by atoms with van der Waals surface area (Å²) in [5, 5.41) is 0.0602. The smallest absolute Gasteiger partial charge is 0.260 e. The molecule has 0 aromatic carbocycles. The first kappa shape index (κ1) is 27.8. The fourth-order valence-electron chi connectivity index (χ4n) is 5.13. The second kappa shape index (κ2) is 11.7. The molecule has 1 fully saturated rings. The lowest BCUT2D eigenvalue weighted by atomic mass is 10.1. The van der Waals surface area contributed by atoms with Gasteiger partial charge in [0.25, 0.3) is 5.91 Å². The summed E-state index contributed by atoms with van der Waals surface area (Å²) >= 11 is 6.47. The van der Waals surface area contributed by atoms with Crippen molar-refractivity contribution < 1.29 is 19.1 Å². The summed E-state index contributed by atoms with van der Waals surface area (Å²) in [6.45, 7) is 7.42. The number of anilines is 2. The highest BCUT2D eigenvalue weighted by Gasteiger charge is 2.37. The zero-order valence-corrected chi connectivity index (χ0v) is 23.5. The SMILES string of the molecule is COc1c(C)cnc(CN2C(=O)C(=Cc3cc(C(=O)COCCN4CCCC4)c[nH]3)c3c(Cl)nc(N)nc32)c1C. The normalized spacial score (nSPS) is 16.2. The number of likely N-dealkylation sites (tertiary alicyclic amines) is 1. The molecule has 2 aliphatic heterocycles. The predicted molar refractivity (Wildman–Crippen MR) is 152 cm³/mol. The molecule has 0 spiro atoms. The van der Waals surface area contributed by atoms with Crippen LogP contribution >= 0.6 is 11.6 Å². The topological polar surface area (TPSA) is 140 Å². The Morgan fingerprint density at radius 1 is 1.25 bits per heavy atom. The molecule has 3 aromatic rings. The van der Waals surface area contributed by atoms with E-state index >= 15 is 0 Å². The minimum atomic E-state index is -0.342. The number of hydrogen-bond donors (Lipinski definition) is 2. The fourth-order valence-corrected chi connectivity index (χ4v) is 5.41. The monoisotopic (exact) mass is 565 g/mol. The van der Waals surface area contributed by atoms with Crippen LogP contribution in [0.3, 0.4) is 0 Å². The van der Waals surface area contributed by atoms with Crippen LogP contribution in [0.15, 0.2) is 18.5 Å². The van der Waals surface area contributed by atoms with Crippen LogP contribution in [0.2, 0.25) is 5.15 Å². The molecule has 3 N–H and O–H groups in total. The quantitative estimate of drug-likeness (QED) is 0.164. The Morgan fingerprint density at radius 3 is 2.77 bits per heavy atom. The number of aromatic amines is 1. The van der Waals surface area contributed by atoms with Crippen molar-refractivity contribution in [3.63, 3.8) is 0 Å². The van der Waals surface area contributed by atoms with E-state index in [4.69, 9.17) is 26.8 Å². The lowest BCUT2D eigenvalue weighted by Gasteiger charge is -2.19. The highest BCUT2D eigenvalue weighted by atomic mass is 35.5. The second-order valence-electron chi connectivity index (χ2n) is 9.93. The van der Waals surface area contributed by atoms with Crippen LogP contribution in [0.5, 0.6) is 5.75 Å². The Hall–Kier alpha value is -3.80. The number of nitrogens with zero attached hydrogens (tertiary/aromatic N) is 5. The first-order valence-electron chi connectivity index (χ1n) is 13.1. The third-order valence-corrected chi connectivity index (χ3v) is 7.51. The van der Waals surface area contributed by atoms with E-state index in [2.05, 4.69) is 24.8 Å². The number of nitrogens with two attached hydrogens (primary N) is 1. The van der Waals surface area contributed by atoms with Gasteiger partial charge in [0.2, 0.25) is 5.95 Å². The first-order valence-corrected chi connectivity index (χ1v) is 13.5. The van der Waals surface area contributed by atoms with E-state index in [1.54, 1.807) is 31.6 Å². The summed E-state index contributed by atoms with van der Waals surface area (Å²) in [6, 6.07) is 1.68. The number of aromatic nitrogens is 4. The van der Waals surface area contributed by atoms with E-state index in [-0.39, 0.29) is 41.5 Å². The number of nitrogens with one attached hydrogen (secondary N) is 1. The average Bonchev–Trinajstić information content (AvgIpc) is 3.66. The van der Waals surface area contributed by atoms with E-state index in [1.807, 2.05) is 13.8 Å². The van der Waals surface area contributed by atoms with Crippen molar-refractivity contribution >= 4 is 46.7 Å². The number of aryl methyl sites for hydroxylation is 1. The van der Waals surface area contributed by atoms with Gasteiger partial charge in [0.05, 0.1) is 37.1 Å². The summed E-state index contributed by atoms with van der Waals surface area (Å²) in [4.78, 5) is 46.2. The van der Waals surface area contributed by atoms with Crippen LogP contribution in [0, 0.1) is 13.8 Å². The molecule has 5 heterocycles. The number of carbonyl (C=O) groups is 2. The number of nitrogen functional groups attached to an aromatic ring is 1. The van der Waals surface area contributed by atoms with Gasteiger partial charge in [-0.3, -0.25) is 19.5 Å². The maximum absolute atomic E-state index is 13.7. The summed E-state index contributed by atoms with van der Waals surface area (Å²) in [6.07, 6.45) is 7.37. The van der Waals surface area contributed by atoms with Gasteiger partial charge < -0.3 is 25.1 Å². The average molecular weight is 566 g/mol. The summed E-state index contributed by atoms with van der Waals surface area (Å²) in [5.41, 5.74) is 9.90. The van der Waals surface area contributed by atoms with Gasteiger partial charge in [-0.25, -0.2) is 4.98 Å². The Labute approximate surface area is 237 Å². The second-order valence-corrected chi connectivity index (χ2v) is 10.3. The van der Waals surface area contributed by atoms with Gasteiger partial charge in [0.1, 0.15) is 17.5 Å². The Balaban J connectivity index is 1.36. The van der Waals surface area contributed by atoms with E-state index < -0.39 is 0 Å². The maximum Gasteiger partial charge on any atom is 0.260 e.